The molecule has 0 radical (unpaired) electrons. The molecule has 0 aliphatic rings. The highest BCUT2D eigenvalue weighted by atomic mass is 16.6. The van der Waals surface area contributed by atoms with E-state index in [1.165, 1.54) is 10.8 Å². The van der Waals surface area contributed by atoms with Gasteiger partial charge in [-0.3, -0.25) is 0 Å². The van der Waals surface area contributed by atoms with Gasteiger partial charge in [-0.2, -0.15) is 0 Å². The first kappa shape index (κ1) is 14.4. The van der Waals surface area contributed by atoms with E-state index in [4.69, 9.17) is 4.74 Å². The Morgan fingerprint density at radius 1 is 1.10 bits per heavy atom. The Bertz CT molecular complexity index is 614. The number of hydrogen-bond donors (Lipinski definition) is 1. The summed E-state index contributed by atoms with van der Waals surface area (Å²) in [6.45, 7) is 7.52. The van der Waals surface area contributed by atoms with Crippen LogP contribution in [0.4, 0.5) is 4.79 Å². The predicted octanol–water partition coefficient (Wildman–Crippen LogP) is 4.43. The summed E-state index contributed by atoms with van der Waals surface area (Å²) in [5.41, 5.74) is 0.585. The molecule has 0 saturated heterocycles. The number of fused-ring (bicyclic) bond motifs is 1. The zero-order valence-corrected chi connectivity index (χ0v) is 12.4. The van der Waals surface area contributed by atoms with Crippen molar-refractivity contribution in [3.8, 4) is 0 Å². The standard InChI is InChI=1S/C17H21NO2/c1-12(18-16(19)20-17(2,3)4)14-10-9-13-7-5-6-8-15(13)11-14/h5-12H,1-4H3,(H,18,19). The number of nitrogens with one attached hydrogen (secondary N) is 1. The van der Waals surface area contributed by atoms with Crippen molar-refractivity contribution in [2.45, 2.75) is 39.3 Å². The van der Waals surface area contributed by atoms with Gasteiger partial charge in [0.25, 0.3) is 0 Å². The zero-order chi connectivity index (χ0) is 14.8. The second-order valence-electron chi connectivity index (χ2n) is 5.97. The molecule has 3 nitrogen and oxygen atoms in total. The summed E-state index contributed by atoms with van der Waals surface area (Å²) in [4.78, 5) is 11.8. The van der Waals surface area contributed by atoms with Crippen molar-refractivity contribution in [3.05, 3.63) is 48.0 Å². The van der Waals surface area contributed by atoms with Crippen molar-refractivity contribution >= 4 is 16.9 Å². The van der Waals surface area contributed by atoms with Crippen LogP contribution in [0.2, 0.25) is 0 Å². The van der Waals surface area contributed by atoms with E-state index in [-0.39, 0.29) is 6.04 Å². The molecule has 1 amide bonds. The van der Waals surface area contributed by atoms with E-state index in [2.05, 4.69) is 29.6 Å². The third-order valence-electron chi connectivity index (χ3n) is 3.01. The van der Waals surface area contributed by atoms with Crippen LogP contribution in [0.5, 0.6) is 0 Å². The molecule has 0 saturated carbocycles. The Morgan fingerprint density at radius 3 is 2.40 bits per heavy atom. The molecular formula is C17H21NO2. The molecule has 0 aliphatic carbocycles. The topological polar surface area (TPSA) is 38.3 Å². The second-order valence-corrected chi connectivity index (χ2v) is 5.97. The van der Waals surface area contributed by atoms with Gasteiger partial charge in [-0.05, 0) is 50.1 Å². The number of ether oxygens (including phenoxy) is 1. The van der Waals surface area contributed by atoms with Gasteiger partial charge in [0, 0.05) is 0 Å². The highest BCUT2D eigenvalue weighted by molar-refractivity contribution is 5.83. The normalized spacial score (nSPS) is 13.0. The van der Waals surface area contributed by atoms with Crippen molar-refractivity contribution < 1.29 is 9.53 Å². The average molecular weight is 271 g/mol. The van der Waals surface area contributed by atoms with Crippen molar-refractivity contribution in [1.82, 2.24) is 5.32 Å². The van der Waals surface area contributed by atoms with Crippen molar-refractivity contribution in [2.75, 3.05) is 0 Å². The molecule has 1 atom stereocenters. The lowest BCUT2D eigenvalue weighted by atomic mass is 10.0. The fourth-order valence-electron chi connectivity index (χ4n) is 2.04. The number of amides is 1. The van der Waals surface area contributed by atoms with Crippen LogP contribution in [-0.4, -0.2) is 11.7 Å². The number of carbonyl (C=O) groups is 1. The summed E-state index contributed by atoms with van der Waals surface area (Å²) in [7, 11) is 0. The number of alkyl carbamates (subject to hydrolysis) is 1. The molecule has 0 aliphatic heterocycles. The third kappa shape index (κ3) is 3.73. The maximum absolute atomic E-state index is 11.8. The summed E-state index contributed by atoms with van der Waals surface area (Å²) >= 11 is 0. The fourth-order valence-corrected chi connectivity index (χ4v) is 2.04. The van der Waals surface area contributed by atoms with E-state index in [1.807, 2.05) is 45.9 Å². The summed E-state index contributed by atoms with van der Waals surface area (Å²) < 4.78 is 5.27. The molecule has 0 bridgehead atoms. The maximum Gasteiger partial charge on any atom is 0.408 e. The van der Waals surface area contributed by atoms with E-state index in [0.717, 1.165) is 5.56 Å². The molecule has 106 valence electrons. The van der Waals surface area contributed by atoms with Crippen LogP contribution in [-0.2, 0) is 4.74 Å². The van der Waals surface area contributed by atoms with Gasteiger partial charge in [-0.1, -0.05) is 36.4 Å². The molecule has 0 heterocycles. The van der Waals surface area contributed by atoms with Gasteiger partial charge >= 0.3 is 6.09 Å². The average Bonchev–Trinajstić information content (AvgIpc) is 2.35. The van der Waals surface area contributed by atoms with Crippen LogP contribution >= 0.6 is 0 Å². The van der Waals surface area contributed by atoms with E-state index in [9.17, 15) is 4.79 Å². The first-order valence-electron chi connectivity index (χ1n) is 6.83. The summed E-state index contributed by atoms with van der Waals surface area (Å²) in [5, 5.41) is 5.22. The summed E-state index contributed by atoms with van der Waals surface area (Å²) in [6, 6.07) is 14.3. The first-order valence-corrected chi connectivity index (χ1v) is 6.83. The SMILES string of the molecule is CC(NC(=O)OC(C)(C)C)c1ccc2ccccc2c1. The van der Waals surface area contributed by atoms with Crippen LogP contribution in [0.3, 0.4) is 0 Å². The minimum atomic E-state index is -0.479. The summed E-state index contributed by atoms with van der Waals surface area (Å²) in [5.74, 6) is 0. The minimum absolute atomic E-state index is 0.0885. The molecule has 2 aromatic carbocycles. The molecule has 2 aromatic rings. The highest BCUT2D eigenvalue weighted by Crippen LogP contribution is 2.20. The highest BCUT2D eigenvalue weighted by Gasteiger charge is 2.18. The molecule has 0 spiro atoms. The van der Waals surface area contributed by atoms with Crippen molar-refractivity contribution in [3.63, 3.8) is 0 Å². The van der Waals surface area contributed by atoms with Gasteiger partial charge in [0.05, 0.1) is 6.04 Å². The Hall–Kier alpha value is -2.03. The molecule has 2 rings (SSSR count). The number of carbonyl (C=O) groups excluding carboxylic acids is 1. The maximum atomic E-state index is 11.8. The smallest absolute Gasteiger partial charge is 0.408 e. The predicted molar refractivity (Wildman–Crippen MR) is 81.7 cm³/mol. The monoisotopic (exact) mass is 271 g/mol. The first-order chi connectivity index (χ1) is 9.35. The summed E-state index contributed by atoms with van der Waals surface area (Å²) in [6.07, 6.45) is -0.391. The van der Waals surface area contributed by atoms with E-state index >= 15 is 0 Å². The Morgan fingerprint density at radius 2 is 1.75 bits per heavy atom. The third-order valence-corrected chi connectivity index (χ3v) is 3.01. The van der Waals surface area contributed by atoms with E-state index in [0.29, 0.717) is 0 Å². The minimum Gasteiger partial charge on any atom is -0.444 e. The van der Waals surface area contributed by atoms with Gasteiger partial charge in [-0.15, -0.1) is 0 Å². The zero-order valence-electron chi connectivity index (χ0n) is 12.4. The van der Waals surface area contributed by atoms with E-state index < -0.39 is 11.7 Å². The van der Waals surface area contributed by atoms with Gasteiger partial charge in [-0.25, -0.2) is 4.79 Å². The fraction of sp³-hybridized carbons (Fsp3) is 0.353. The quantitative estimate of drug-likeness (QED) is 0.877. The molecule has 0 aromatic heterocycles. The van der Waals surface area contributed by atoms with Gasteiger partial charge in [0.2, 0.25) is 0 Å². The number of benzene rings is 2. The Balaban J connectivity index is 2.11. The van der Waals surface area contributed by atoms with Crippen LogP contribution < -0.4 is 5.32 Å². The second kappa shape index (κ2) is 5.53. The van der Waals surface area contributed by atoms with Crippen LogP contribution in [0.25, 0.3) is 10.8 Å². The lowest BCUT2D eigenvalue weighted by Gasteiger charge is -2.22. The lowest BCUT2D eigenvalue weighted by molar-refractivity contribution is 0.0508. The molecule has 0 fully saturated rings. The molecule has 1 unspecified atom stereocenters. The number of hydrogen-bond acceptors (Lipinski definition) is 2. The molecule has 1 N–H and O–H groups in total. The van der Waals surface area contributed by atoms with Gasteiger partial charge in [0.15, 0.2) is 0 Å². The lowest BCUT2D eigenvalue weighted by Crippen LogP contribution is -2.34. The number of rotatable bonds is 2. The largest absolute Gasteiger partial charge is 0.444 e. The molecular weight excluding hydrogens is 250 g/mol. The molecule has 20 heavy (non-hydrogen) atoms. The van der Waals surface area contributed by atoms with Crippen molar-refractivity contribution in [1.29, 1.82) is 0 Å². The van der Waals surface area contributed by atoms with Crippen LogP contribution in [0.15, 0.2) is 42.5 Å². The van der Waals surface area contributed by atoms with Gasteiger partial charge < -0.3 is 10.1 Å². The molecule has 3 heteroatoms. The van der Waals surface area contributed by atoms with Crippen molar-refractivity contribution in [2.24, 2.45) is 0 Å². The Labute approximate surface area is 119 Å². The van der Waals surface area contributed by atoms with Crippen LogP contribution in [0, 0.1) is 0 Å². The van der Waals surface area contributed by atoms with Gasteiger partial charge in [0.1, 0.15) is 5.60 Å². The Kier molecular flexibility index (Phi) is 3.98. The van der Waals surface area contributed by atoms with E-state index in [1.54, 1.807) is 0 Å². The van der Waals surface area contributed by atoms with Crippen LogP contribution in [0.1, 0.15) is 39.3 Å².